The van der Waals surface area contributed by atoms with Crippen molar-refractivity contribution in [3.63, 3.8) is 0 Å². The normalized spacial score (nSPS) is 15.6. The molecule has 0 aliphatic carbocycles. The molecule has 0 spiro atoms. The maximum atomic E-state index is 12.9. The molecule has 0 unspecified atom stereocenters. The summed E-state index contributed by atoms with van der Waals surface area (Å²) in [5, 5.41) is 15.1. The first-order valence-electron chi connectivity index (χ1n) is 8.20. The van der Waals surface area contributed by atoms with E-state index in [-0.39, 0.29) is 5.75 Å². The van der Waals surface area contributed by atoms with Crippen LogP contribution in [0.15, 0.2) is 48.5 Å². The van der Waals surface area contributed by atoms with Crippen molar-refractivity contribution in [2.24, 2.45) is 0 Å². The van der Waals surface area contributed by atoms with E-state index in [1.165, 1.54) is 16.8 Å². The fraction of sp³-hybridized carbons (Fsp3) is 0.167. The molecule has 1 aliphatic heterocycles. The Hall–Kier alpha value is -3.20. The number of alkyl halides is 2. The minimum Gasteiger partial charge on any atom is -0.497 e. The minimum absolute atomic E-state index is 0.00178. The van der Waals surface area contributed by atoms with Gasteiger partial charge in [-0.3, -0.25) is 0 Å². The first-order chi connectivity index (χ1) is 13.5. The summed E-state index contributed by atoms with van der Waals surface area (Å²) in [4.78, 5) is 0. The van der Waals surface area contributed by atoms with Gasteiger partial charge in [0.15, 0.2) is 0 Å². The highest BCUT2D eigenvalue weighted by atomic mass is 35.5. The summed E-state index contributed by atoms with van der Waals surface area (Å²) in [6.45, 7) is -2.97. The number of hydrogen-bond acceptors (Lipinski definition) is 6. The van der Waals surface area contributed by atoms with Crippen LogP contribution in [-0.4, -0.2) is 33.9 Å². The number of tetrazole rings is 1. The van der Waals surface area contributed by atoms with E-state index in [2.05, 4.69) is 25.6 Å². The Morgan fingerprint density at radius 3 is 2.68 bits per heavy atom. The van der Waals surface area contributed by atoms with Gasteiger partial charge in [-0.2, -0.15) is 13.5 Å². The summed E-state index contributed by atoms with van der Waals surface area (Å²) in [5.41, 5.74) is 1.96. The molecule has 0 fully saturated rings. The molecule has 28 heavy (non-hydrogen) atoms. The van der Waals surface area contributed by atoms with Crippen molar-refractivity contribution in [3.8, 4) is 11.5 Å². The Kier molecular flexibility index (Phi) is 4.82. The van der Waals surface area contributed by atoms with Crippen LogP contribution >= 0.6 is 11.6 Å². The zero-order valence-electron chi connectivity index (χ0n) is 14.5. The van der Waals surface area contributed by atoms with E-state index in [9.17, 15) is 8.78 Å². The maximum Gasteiger partial charge on any atom is 0.387 e. The van der Waals surface area contributed by atoms with Gasteiger partial charge in [-0.25, -0.2) is 0 Å². The molecule has 0 bridgehead atoms. The first-order valence-corrected chi connectivity index (χ1v) is 8.58. The van der Waals surface area contributed by atoms with Gasteiger partial charge in [0.05, 0.1) is 7.11 Å². The minimum atomic E-state index is -2.97. The molecule has 1 atom stereocenters. The van der Waals surface area contributed by atoms with E-state index in [1.54, 1.807) is 13.2 Å². The molecule has 4 rings (SSSR count). The number of hydrogen-bond donors (Lipinski definition) is 1. The molecule has 10 heteroatoms. The second-order valence-corrected chi connectivity index (χ2v) is 6.32. The van der Waals surface area contributed by atoms with Crippen molar-refractivity contribution in [1.29, 1.82) is 0 Å². The highest BCUT2D eigenvalue weighted by Gasteiger charge is 2.27. The Labute approximate surface area is 163 Å². The lowest BCUT2D eigenvalue weighted by Gasteiger charge is -2.25. The van der Waals surface area contributed by atoms with Crippen molar-refractivity contribution in [3.05, 3.63) is 64.7 Å². The Morgan fingerprint density at radius 2 is 1.96 bits per heavy atom. The summed E-state index contributed by atoms with van der Waals surface area (Å²) in [7, 11) is 1.58. The van der Waals surface area contributed by atoms with E-state index >= 15 is 0 Å². The first kappa shape index (κ1) is 18.2. The highest BCUT2D eigenvalue weighted by Crippen LogP contribution is 2.37. The second-order valence-electron chi connectivity index (χ2n) is 5.89. The number of anilines is 1. The maximum absolute atomic E-state index is 12.9. The van der Waals surface area contributed by atoms with Crippen molar-refractivity contribution >= 4 is 23.2 Å². The zero-order valence-corrected chi connectivity index (χ0v) is 15.3. The Morgan fingerprint density at radius 1 is 1.18 bits per heavy atom. The number of benzene rings is 2. The molecule has 1 N–H and O–H groups in total. The lowest BCUT2D eigenvalue weighted by atomic mass is 10.0. The van der Waals surface area contributed by atoms with Gasteiger partial charge in [-0.1, -0.05) is 16.7 Å². The SMILES string of the molecule is COc1ccc(C2=C[C@H](c3cc(Cl)ccc3OC(F)F)n3nnnc3N2)cc1. The molecular formula is C18H14ClF2N5O2. The summed E-state index contributed by atoms with van der Waals surface area (Å²) in [6, 6.07) is 11.2. The van der Waals surface area contributed by atoms with Gasteiger partial charge in [-0.05, 0) is 64.5 Å². The standard InChI is InChI=1S/C18H14ClF2N5O2/c1-27-12-5-2-10(3-6-12)14-9-15(26-18(22-14)23-24-25-26)13-8-11(19)4-7-16(13)28-17(20)21/h2-9,15,17H,1H3,(H,22,23,25)/t15-/m1/s1. The number of aromatic nitrogens is 4. The third-order valence-electron chi connectivity index (χ3n) is 4.23. The number of ether oxygens (including phenoxy) is 2. The molecule has 144 valence electrons. The lowest BCUT2D eigenvalue weighted by molar-refractivity contribution is -0.0506. The summed E-state index contributed by atoms with van der Waals surface area (Å²) < 4.78 is 37.1. The molecule has 0 radical (unpaired) electrons. The van der Waals surface area contributed by atoms with Crippen LogP contribution in [0, 0.1) is 0 Å². The number of nitrogens with one attached hydrogen (secondary N) is 1. The van der Waals surface area contributed by atoms with Crippen LogP contribution in [0.25, 0.3) is 5.70 Å². The second kappa shape index (κ2) is 7.43. The van der Waals surface area contributed by atoms with Gasteiger partial charge in [-0.15, -0.1) is 0 Å². The van der Waals surface area contributed by atoms with Crippen LogP contribution in [0.1, 0.15) is 17.2 Å². The van der Waals surface area contributed by atoms with Gasteiger partial charge < -0.3 is 14.8 Å². The molecule has 0 saturated carbocycles. The molecular weight excluding hydrogens is 392 g/mol. The monoisotopic (exact) mass is 405 g/mol. The fourth-order valence-corrected chi connectivity index (χ4v) is 3.15. The predicted molar refractivity (Wildman–Crippen MR) is 98.6 cm³/mol. The van der Waals surface area contributed by atoms with Crippen LogP contribution in [0.4, 0.5) is 14.7 Å². The van der Waals surface area contributed by atoms with Gasteiger partial charge in [0.25, 0.3) is 0 Å². The van der Waals surface area contributed by atoms with Crippen LogP contribution in [0.3, 0.4) is 0 Å². The lowest BCUT2D eigenvalue weighted by Crippen LogP contribution is -2.21. The van der Waals surface area contributed by atoms with Crippen LogP contribution in [0.2, 0.25) is 5.02 Å². The van der Waals surface area contributed by atoms with Crippen molar-refractivity contribution in [2.75, 3.05) is 12.4 Å². The molecule has 2 aromatic carbocycles. The average molecular weight is 406 g/mol. The number of allylic oxidation sites excluding steroid dienone is 1. The van der Waals surface area contributed by atoms with E-state index in [0.29, 0.717) is 28.0 Å². The summed E-state index contributed by atoms with van der Waals surface area (Å²) in [6.07, 6.45) is 1.81. The topological polar surface area (TPSA) is 74.1 Å². The van der Waals surface area contributed by atoms with Gasteiger partial charge in [0, 0.05) is 16.3 Å². The quantitative estimate of drug-likeness (QED) is 0.691. The molecule has 1 aliphatic rings. The molecule has 3 aromatic rings. The fourth-order valence-electron chi connectivity index (χ4n) is 2.97. The van der Waals surface area contributed by atoms with Crippen molar-refractivity contribution < 1.29 is 18.3 Å². The number of methoxy groups -OCH3 is 1. The molecule has 0 amide bonds. The number of rotatable bonds is 5. The van der Waals surface area contributed by atoms with Crippen LogP contribution in [-0.2, 0) is 0 Å². The largest absolute Gasteiger partial charge is 0.497 e. The smallest absolute Gasteiger partial charge is 0.387 e. The summed E-state index contributed by atoms with van der Waals surface area (Å²) >= 11 is 6.11. The summed E-state index contributed by atoms with van der Waals surface area (Å²) in [5.74, 6) is 1.07. The Bertz CT molecular complexity index is 1020. The zero-order chi connectivity index (χ0) is 19.7. The average Bonchev–Trinajstić information content (AvgIpc) is 3.17. The Balaban J connectivity index is 1.81. The third kappa shape index (κ3) is 3.48. The van der Waals surface area contributed by atoms with E-state index in [1.807, 2.05) is 30.3 Å². The van der Waals surface area contributed by atoms with Gasteiger partial charge in [0.2, 0.25) is 5.95 Å². The molecule has 1 aromatic heterocycles. The number of nitrogens with zero attached hydrogens (tertiary/aromatic N) is 4. The van der Waals surface area contributed by atoms with E-state index < -0.39 is 12.7 Å². The van der Waals surface area contributed by atoms with Gasteiger partial charge >= 0.3 is 6.61 Å². The van der Waals surface area contributed by atoms with Crippen molar-refractivity contribution in [2.45, 2.75) is 12.7 Å². The number of halogens is 3. The molecule has 0 saturated heterocycles. The van der Waals surface area contributed by atoms with Crippen molar-refractivity contribution in [1.82, 2.24) is 20.2 Å². The highest BCUT2D eigenvalue weighted by molar-refractivity contribution is 6.30. The third-order valence-corrected chi connectivity index (χ3v) is 4.47. The molecule has 7 nitrogen and oxygen atoms in total. The van der Waals surface area contributed by atoms with E-state index in [4.69, 9.17) is 16.3 Å². The molecule has 2 heterocycles. The number of fused-ring (bicyclic) bond motifs is 1. The predicted octanol–water partition coefficient (Wildman–Crippen LogP) is 3.99. The van der Waals surface area contributed by atoms with Crippen LogP contribution in [0.5, 0.6) is 11.5 Å². The van der Waals surface area contributed by atoms with Crippen LogP contribution < -0.4 is 14.8 Å². The van der Waals surface area contributed by atoms with Gasteiger partial charge in [0.1, 0.15) is 17.5 Å². The van der Waals surface area contributed by atoms with E-state index in [0.717, 1.165) is 5.56 Å².